The lowest BCUT2D eigenvalue weighted by molar-refractivity contribution is -0.123. The van der Waals surface area contributed by atoms with Gasteiger partial charge in [0.15, 0.2) is 6.61 Å². The molecule has 10 nitrogen and oxygen atoms in total. The number of imide groups is 1. The molecule has 0 radical (unpaired) electrons. The molecule has 1 fully saturated rings. The van der Waals surface area contributed by atoms with Crippen LogP contribution < -0.4 is 15.4 Å². The molecule has 0 saturated carbocycles. The van der Waals surface area contributed by atoms with Crippen LogP contribution in [0.15, 0.2) is 70.8 Å². The van der Waals surface area contributed by atoms with Crippen LogP contribution in [0.3, 0.4) is 0 Å². The Hall–Kier alpha value is -4.57. The third kappa shape index (κ3) is 5.73. The number of benzene rings is 2. The van der Waals surface area contributed by atoms with Crippen LogP contribution in [-0.2, 0) is 20.9 Å². The van der Waals surface area contributed by atoms with Gasteiger partial charge >= 0.3 is 12.0 Å². The molecule has 4 rings (SSSR count). The van der Waals surface area contributed by atoms with E-state index in [4.69, 9.17) is 20.8 Å². The Balaban J connectivity index is 1.47. The molecule has 3 aromatic rings. The van der Waals surface area contributed by atoms with Crippen LogP contribution in [0.5, 0.6) is 5.75 Å². The number of halogens is 1. The molecule has 36 heavy (non-hydrogen) atoms. The summed E-state index contributed by atoms with van der Waals surface area (Å²) in [6, 6.07) is 15.8. The highest BCUT2D eigenvalue weighted by Gasteiger charge is 2.34. The van der Waals surface area contributed by atoms with Gasteiger partial charge in [0.05, 0.1) is 13.7 Å². The van der Waals surface area contributed by atoms with Gasteiger partial charge in [-0.05, 0) is 48.5 Å². The highest BCUT2D eigenvalue weighted by Crippen LogP contribution is 2.27. The maximum Gasteiger partial charge on any atom is 0.373 e. The lowest BCUT2D eigenvalue weighted by Gasteiger charge is -2.11. The zero-order valence-corrected chi connectivity index (χ0v) is 19.7. The third-order valence-corrected chi connectivity index (χ3v) is 5.25. The fraction of sp³-hybridized carbons (Fsp3) is 0.120. The Morgan fingerprint density at radius 2 is 1.89 bits per heavy atom. The Bertz CT molecular complexity index is 1350. The van der Waals surface area contributed by atoms with Crippen molar-refractivity contribution in [2.45, 2.75) is 6.54 Å². The van der Waals surface area contributed by atoms with Gasteiger partial charge in [0.25, 0.3) is 11.8 Å². The van der Waals surface area contributed by atoms with Crippen LogP contribution in [0.4, 0.5) is 10.5 Å². The van der Waals surface area contributed by atoms with Crippen molar-refractivity contribution in [3.8, 4) is 5.75 Å². The Kier molecular flexibility index (Phi) is 7.36. The summed E-state index contributed by atoms with van der Waals surface area (Å²) in [7, 11) is 1.21. The number of urea groups is 1. The van der Waals surface area contributed by atoms with Crippen molar-refractivity contribution in [3.05, 3.63) is 88.5 Å². The Morgan fingerprint density at radius 1 is 1.11 bits per heavy atom. The molecule has 0 spiro atoms. The van der Waals surface area contributed by atoms with Gasteiger partial charge in [0.1, 0.15) is 17.2 Å². The number of nitrogens with zero attached hydrogens (tertiary/aromatic N) is 1. The average Bonchev–Trinajstić information content (AvgIpc) is 3.44. The number of carbonyl (C=O) groups excluding carboxylic acids is 4. The maximum atomic E-state index is 12.9. The molecule has 1 aliphatic heterocycles. The molecular weight excluding hydrogens is 490 g/mol. The summed E-state index contributed by atoms with van der Waals surface area (Å²) >= 11 is 6.12. The van der Waals surface area contributed by atoms with Gasteiger partial charge < -0.3 is 24.5 Å². The highest BCUT2D eigenvalue weighted by molar-refractivity contribution is 6.30. The summed E-state index contributed by atoms with van der Waals surface area (Å²) in [6.07, 6.45) is 1.40. The number of hydrogen-bond donors (Lipinski definition) is 2. The normalized spacial score (nSPS) is 14.1. The van der Waals surface area contributed by atoms with Crippen molar-refractivity contribution in [3.63, 3.8) is 0 Å². The minimum atomic E-state index is -0.676. The number of hydrogen-bond acceptors (Lipinski definition) is 7. The summed E-state index contributed by atoms with van der Waals surface area (Å²) in [6.45, 7) is -0.488. The first-order chi connectivity index (χ1) is 17.3. The molecule has 2 heterocycles. The van der Waals surface area contributed by atoms with Gasteiger partial charge in [0, 0.05) is 16.3 Å². The highest BCUT2D eigenvalue weighted by atomic mass is 35.5. The molecule has 1 aromatic heterocycles. The molecule has 2 N–H and O–H groups in total. The van der Waals surface area contributed by atoms with E-state index in [1.165, 1.54) is 31.4 Å². The number of ether oxygens (including phenoxy) is 2. The minimum absolute atomic E-state index is 0.0272. The molecule has 4 amide bonds. The van der Waals surface area contributed by atoms with Crippen molar-refractivity contribution < 1.29 is 33.1 Å². The maximum absolute atomic E-state index is 12.9. The van der Waals surface area contributed by atoms with E-state index in [1.807, 2.05) is 6.07 Å². The van der Waals surface area contributed by atoms with Crippen LogP contribution >= 0.6 is 11.6 Å². The third-order valence-electron chi connectivity index (χ3n) is 5.01. The number of methoxy groups -OCH3 is 1. The Labute approximate surface area is 210 Å². The van der Waals surface area contributed by atoms with Crippen LogP contribution in [0.1, 0.15) is 21.9 Å². The van der Waals surface area contributed by atoms with E-state index in [1.54, 1.807) is 36.4 Å². The van der Waals surface area contributed by atoms with Crippen molar-refractivity contribution in [2.75, 3.05) is 19.0 Å². The summed E-state index contributed by atoms with van der Waals surface area (Å²) in [5.74, 6) is -1.22. The first-order valence-electron chi connectivity index (χ1n) is 10.6. The topological polar surface area (TPSA) is 127 Å². The first-order valence-corrected chi connectivity index (χ1v) is 11.0. The van der Waals surface area contributed by atoms with E-state index in [2.05, 4.69) is 15.4 Å². The summed E-state index contributed by atoms with van der Waals surface area (Å²) < 4.78 is 15.6. The molecule has 11 heteroatoms. The second-order valence-electron chi connectivity index (χ2n) is 7.52. The van der Waals surface area contributed by atoms with Gasteiger partial charge in [0.2, 0.25) is 5.76 Å². The van der Waals surface area contributed by atoms with Crippen molar-refractivity contribution in [2.24, 2.45) is 0 Å². The Morgan fingerprint density at radius 3 is 2.64 bits per heavy atom. The van der Waals surface area contributed by atoms with E-state index >= 15 is 0 Å². The molecule has 0 atom stereocenters. The van der Waals surface area contributed by atoms with E-state index in [0.717, 1.165) is 4.90 Å². The van der Waals surface area contributed by atoms with E-state index in [0.29, 0.717) is 16.3 Å². The lowest BCUT2D eigenvalue weighted by Crippen LogP contribution is -2.30. The monoisotopic (exact) mass is 509 g/mol. The van der Waals surface area contributed by atoms with Gasteiger partial charge in [-0.25, -0.2) is 9.59 Å². The molecule has 1 aliphatic rings. The fourth-order valence-electron chi connectivity index (χ4n) is 3.33. The average molecular weight is 510 g/mol. The predicted octanol–water partition coefficient (Wildman–Crippen LogP) is 3.83. The number of anilines is 1. The van der Waals surface area contributed by atoms with Gasteiger partial charge in [-0.2, -0.15) is 0 Å². The number of para-hydroxylation sites is 1. The van der Waals surface area contributed by atoms with Crippen LogP contribution in [-0.4, -0.2) is 42.4 Å². The number of rotatable bonds is 8. The van der Waals surface area contributed by atoms with Crippen molar-refractivity contribution in [1.29, 1.82) is 0 Å². The molecule has 0 bridgehead atoms. The zero-order chi connectivity index (χ0) is 25.7. The van der Waals surface area contributed by atoms with E-state index < -0.39 is 17.9 Å². The van der Waals surface area contributed by atoms with Crippen LogP contribution in [0.25, 0.3) is 6.08 Å². The minimum Gasteiger partial charge on any atom is -0.483 e. The number of furan rings is 1. The van der Waals surface area contributed by atoms with Crippen LogP contribution in [0, 0.1) is 0 Å². The number of esters is 1. The van der Waals surface area contributed by atoms with Crippen molar-refractivity contribution in [1.82, 2.24) is 10.2 Å². The lowest BCUT2D eigenvalue weighted by atomic mass is 10.1. The number of carbonyl (C=O) groups is 4. The second kappa shape index (κ2) is 10.8. The van der Waals surface area contributed by atoms with E-state index in [-0.39, 0.29) is 42.0 Å². The number of amides is 4. The standard InChI is InChI=1S/C25H20ClN3O7/c1-34-24(32)21-10-8-18(36-21)13-29-23(31)19(28-25(29)33)12-15-11-16(26)7-9-20(15)35-14-22(30)27-17-5-3-2-4-6-17/h2-12H,13-14H2,1H3,(H,27,30)(H,28,33)/b19-12-. The SMILES string of the molecule is COC(=O)c1ccc(CN2C(=O)N/C(=C\c3cc(Cl)ccc3OCC(=O)Nc3ccccc3)C2=O)o1. The predicted molar refractivity (Wildman–Crippen MR) is 129 cm³/mol. The molecule has 0 aliphatic carbocycles. The first kappa shape index (κ1) is 24.6. The molecular formula is C25H20ClN3O7. The summed E-state index contributed by atoms with van der Waals surface area (Å²) in [4.78, 5) is 50.1. The van der Waals surface area contributed by atoms with Gasteiger partial charge in [-0.15, -0.1) is 0 Å². The smallest absolute Gasteiger partial charge is 0.373 e. The quantitative estimate of drug-likeness (QED) is 0.268. The van der Waals surface area contributed by atoms with Gasteiger partial charge in [-0.3, -0.25) is 14.5 Å². The number of nitrogens with one attached hydrogen (secondary N) is 2. The molecule has 1 saturated heterocycles. The van der Waals surface area contributed by atoms with Crippen LogP contribution in [0.2, 0.25) is 5.02 Å². The fourth-order valence-corrected chi connectivity index (χ4v) is 3.51. The molecule has 2 aromatic carbocycles. The zero-order valence-electron chi connectivity index (χ0n) is 18.9. The largest absolute Gasteiger partial charge is 0.483 e. The van der Waals surface area contributed by atoms with Crippen molar-refractivity contribution >= 4 is 47.2 Å². The molecule has 184 valence electrons. The summed E-state index contributed by atoms with van der Waals surface area (Å²) in [5, 5.41) is 5.57. The molecule has 0 unspecified atom stereocenters. The van der Waals surface area contributed by atoms with Gasteiger partial charge in [-0.1, -0.05) is 29.8 Å². The second-order valence-corrected chi connectivity index (χ2v) is 7.96. The summed E-state index contributed by atoms with van der Waals surface area (Å²) in [5.41, 5.74) is 0.978. The van der Waals surface area contributed by atoms with E-state index in [9.17, 15) is 19.2 Å².